The lowest BCUT2D eigenvalue weighted by Crippen LogP contribution is -2.51. The highest BCUT2D eigenvalue weighted by Crippen LogP contribution is 2.60. The number of hydrogen-bond acceptors (Lipinski definition) is 5. The molecule has 2 amide bonds. The van der Waals surface area contributed by atoms with Crippen LogP contribution in [0.4, 0.5) is 5.69 Å². The summed E-state index contributed by atoms with van der Waals surface area (Å²) in [5.41, 5.74) is 1.12. The fourth-order valence-corrected chi connectivity index (χ4v) is 6.37. The van der Waals surface area contributed by atoms with Crippen molar-refractivity contribution in [3.63, 3.8) is 0 Å². The second-order valence-corrected chi connectivity index (χ2v) is 11.2. The maximum Gasteiger partial charge on any atom is 0.244 e. The van der Waals surface area contributed by atoms with E-state index < -0.39 is 0 Å². The summed E-state index contributed by atoms with van der Waals surface area (Å²) in [4.78, 5) is 26.6. The summed E-state index contributed by atoms with van der Waals surface area (Å²) in [6, 6.07) is 7.54. The van der Waals surface area contributed by atoms with Crippen LogP contribution in [0.2, 0.25) is 0 Å². The molecule has 4 fully saturated rings. The highest BCUT2D eigenvalue weighted by molar-refractivity contribution is 5.95. The van der Waals surface area contributed by atoms with Crippen LogP contribution in [0.5, 0.6) is 0 Å². The second-order valence-electron chi connectivity index (χ2n) is 11.2. The third kappa shape index (κ3) is 4.27. The van der Waals surface area contributed by atoms with E-state index in [1.165, 1.54) is 24.1 Å². The van der Waals surface area contributed by atoms with Gasteiger partial charge >= 0.3 is 0 Å². The van der Waals surface area contributed by atoms with Crippen molar-refractivity contribution in [1.29, 1.82) is 0 Å². The molecule has 1 heterocycles. The molecule has 1 aromatic heterocycles. The number of aromatic nitrogens is 4. The number of anilines is 1. The molecule has 1 aromatic carbocycles. The number of carbonyl (C=O) groups excluding carboxylic acids is 2. The minimum absolute atomic E-state index is 0.0173. The number of benzene rings is 1. The number of nitrogens with zero attached hydrogens (tertiary/aromatic N) is 4. The van der Waals surface area contributed by atoms with Crippen LogP contribution < -0.4 is 10.6 Å². The van der Waals surface area contributed by atoms with Gasteiger partial charge in [0.25, 0.3) is 0 Å². The first-order valence-corrected chi connectivity index (χ1v) is 11.7. The van der Waals surface area contributed by atoms with Gasteiger partial charge in [-0.15, -0.1) is 10.2 Å². The van der Waals surface area contributed by atoms with Crippen LogP contribution in [0, 0.1) is 23.2 Å². The molecule has 4 bridgehead atoms. The molecule has 0 aliphatic heterocycles. The van der Waals surface area contributed by atoms with Crippen molar-refractivity contribution in [3.8, 4) is 11.4 Å². The quantitative estimate of drug-likeness (QED) is 0.748. The zero-order valence-corrected chi connectivity index (χ0v) is 19.1. The van der Waals surface area contributed by atoms with Gasteiger partial charge < -0.3 is 10.6 Å². The SMILES string of the molecule is CC(C)(C)NC(=O)Cn1nnc(-c2ccc(NC(=O)C34CC5CC(CC(C5)C3)C4)cc2)n1. The fourth-order valence-electron chi connectivity index (χ4n) is 6.37. The van der Waals surface area contributed by atoms with Crippen LogP contribution in [0.15, 0.2) is 24.3 Å². The summed E-state index contributed by atoms with van der Waals surface area (Å²) < 4.78 is 0. The van der Waals surface area contributed by atoms with E-state index in [1.54, 1.807) is 0 Å². The average Bonchev–Trinajstić information content (AvgIpc) is 3.14. The number of carbonyl (C=O) groups is 2. The molecular formula is C24H32N6O2. The number of hydrogen-bond donors (Lipinski definition) is 2. The van der Waals surface area contributed by atoms with E-state index in [2.05, 4.69) is 26.0 Å². The van der Waals surface area contributed by atoms with Crippen molar-refractivity contribution in [3.05, 3.63) is 24.3 Å². The van der Waals surface area contributed by atoms with Gasteiger partial charge in [-0.25, -0.2) is 0 Å². The smallest absolute Gasteiger partial charge is 0.244 e. The fraction of sp³-hybridized carbons (Fsp3) is 0.625. The minimum Gasteiger partial charge on any atom is -0.350 e. The molecule has 0 unspecified atom stereocenters. The molecule has 6 rings (SSSR count). The summed E-state index contributed by atoms with van der Waals surface area (Å²) >= 11 is 0. The summed E-state index contributed by atoms with van der Waals surface area (Å²) in [5.74, 6) is 2.71. The van der Waals surface area contributed by atoms with Crippen LogP contribution in [-0.2, 0) is 16.1 Å². The van der Waals surface area contributed by atoms with Crippen LogP contribution in [-0.4, -0.2) is 37.6 Å². The van der Waals surface area contributed by atoms with Gasteiger partial charge in [0.2, 0.25) is 17.6 Å². The van der Waals surface area contributed by atoms with Gasteiger partial charge in [-0.05, 0) is 107 Å². The summed E-state index contributed by atoms with van der Waals surface area (Å²) in [7, 11) is 0. The molecular weight excluding hydrogens is 404 g/mol. The first-order valence-electron chi connectivity index (χ1n) is 11.7. The largest absolute Gasteiger partial charge is 0.350 e. The number of rotatable bonds is 5. The Balaban J connectivity index is 1.22. The molecule has 2 N–H and O–H groups in total. The Hall–Kier alpha value is -2.77. The molecule has 170 valence electrons. The Morgan fingerprint density at radius 3 is 2.19 bits per heavy atom. The van der Waals surface area contributed by atoms with Crippen LogP contribution in [0.25, 0.3) is 11.4 Å². The molecule has 0 radical (unpaired) electrons. The highest BCUT2D eigenvalue weighted by Gasteiger charge is 2.54. The predicted octanol–water partition coefficient (Wildman–Crippen LogP) is 3.41. The molecule has 8 nitrogen and oxygen atoms in total. The van der Waals surface area contributed by atoms with Crippen molar-refractivity contribution < 1.29 is 9.59 Å². The summed E-state index contributed by atoms with van der Waals surface area (Å²) in [6.45, 7) is 5.79. The topological polar surface area (TPSA) is 102 Å². The van der Waals surface area contributed by atoms with Crippen LogP contribution in [0.3, 0.4) is 0 Å². The molecule has 8 heteroatoms. The maximum atomic E-state index is 13.2. The molecule has 4 aliphatic rings. The number of amides is 2. The monoisotopic (exact) mass is 436 g/mol. The lowest BCUT2D eigenvalue weighted by atomic mass is 9.49. The molecule has 4 aliphatic carbocycles. The van der Waals surface area contributed by atoms with E-state index in [0.29, 0.717) is 5.82 Å². The van der Waals surface area contributed by atoms with E-state index in [1.807, 2.05) is 45.0 Å². The second kappa shape index (κ2) is 7.67. The van der Waals surface area contributed by atoms with E-state index in [0.717, 1.165) is 48.3 Å². The molecule has 0 saturated heterocycles. The Labute approximate surface area is 188 Å². The third-order valence-corrected chi connectivity index (χ3v) is 7.17. The average molecular weight is 437 g/mol. The van der Waals surface area contributed by atoms with Crippen molar-refractivity contribution in [2.24, 2.45) is 23.2 Å². The standard InChI is InChI=1S/C24H32N6O2/c1-23(2,3)26-20(31)14-30-28-21(27-29-30)18-4-6-19(7-5-18)25-22(32)24-11-15-8-16(12-24)10-17(9-15)13-24/h4-7,15-17H,8-14H2,1-3H3,(H,25,32)(H,26,31). The first-order chi connectivity index (χ1) is 15.2. The Bertz CT molecular complexity index is 985. The van der Waals surface area contributed by atoms with E-state index in [4.69, 9.17) is 0 Å². The van der Waals surface area contributed by atoms with Crippen molar-refractivity contribution >= 4 is 17.5 Å². The predicted molar refractivity (Wildman–Crippen MR) is 120 cm³/mol. The molecule has 32 heavy (non-hydrogen) atoms. The highest BCUT2D eigenvalue weighted by atomic mass is 16.2. The van der Waals surface area contributed by atoms with Crippen LogP contribution in [0.1, 0.15) is 59.3 Å². The molecule has 0 spiro atoms. The minimum atomic E-state index is -0.309. The van der Waals surface area contributed by atoms with E-state index in [9.17, 15) is 9.59 Å². The lowest BCUT2D eigenvalue weighted by Gasteiger charge is -2.55. The van der Waals surface area contributed by atoms with Gasteiger partial charge in [-0.1, -0.05) is 0 Å². The van der Waals surface area contributed by atoms with Gasteiger partial charge in [0.1, 0.15) is 6.54 Å². The number of nitrogens with one attached hydrogen (secondary N) is 2. The van der Waals surface area contributed by atoms with Gasteiger partial charge in [0.05, 0.1) is 5.41 Å². The van der Waals surface area contributed by atoms with Crippen molar-refractivity contribution in [2.75, 3.05) is 5.32 Å². The van der Waals surface area contributed by atoms with Crippen molar-refractivity contribution in [2.45, 2.75) is 71.4 Å². The maximum absolute atomic E-state index is 13.2. The van der Waals surface area contributed by atoms with E-state index in [-0.39, 0.29) is 29.3 Å². The third-order valence-electron chi connectivity index (χ3n) is 7.17. The van der Waals surface area contributed by atoms with Gasteiger partial charge in [0, 0.05) is 16.8 Å². The summed E-state index contributed by atoms with van der Waals surface area (Å²) in [6.07, 6.45) is 7.14. The van der Waals surface area contributed by atoms with Crippen LogP contribution >= 0.6 is 0 Å². The Kier molecular flexibility index (Phi) is 5.06. The zero-order valence-electron chi connectivity index (χ0n) is 19.1. The van der Waals surface area contributed by atoms with E-state index >= 15 is 0 Å². The Morgan fingerprint density at radius 2 is 1.62 bits per heavy atom. The number of tetrazole rings is 1. The van der Waals surface area contributed by atoms with Crippen molar-refractivity contribution in [1.82, 2.24) is 25.5 Å². The normalized spacial score (nSPS) is 28.5. The van der Waals surface area contributed by atoms with Gasteiger partial charge in [-0.3, -0.25) is 9.59 Å². The molecule has 2 aromatic rings. The first kappa shape index (κ1) is 21.1. The zero-order chi connectivity index (χ0) is 22.5. The molecule has 4 saturated carbocycles. The van der Waals surface area contributed by atoms with Gasteiger partial charge in [-0.2, -0.15) is 4.80 Å². The lowest BCUT2D eigenvalue weighted by molar-refractivity contribution is -0.140. The molecule has 0 atom stereocenters. The Morgan fingerprint density at radius 1 is 1.03 bits per heavy atom. The summed E-state index contributed by atoms with van der Waals surface area (Å²) in [5, 5.41) is 18.4. The van der Waals surface area contributed by atoms with Gasteiger partial charge in [0.15, 0.2) is 0 Å².